The standard InChI is InChI=1S/C29H35N3O2/c1-29(2,3)34-28(33)32(27-20-26(27)24-12-5-4-6-13-24)25-14-17-31(18-15-25)21-23-10-7-9-22(19-23)11-8-16-30/h4-13,19,25-27H,14-15,17-18,20-21H2,1-3H3/b11-8+/t26-,27+/m0/s1. The number of carbonyl (C=O) groups excluding carboxylic acids is 1. The minimum Gasteiger partial charge on any atom is -0.444 e. The summed E-state index contributed by atoms with van der Waals surface area (Å²) in [7, 11) is 0. The fourth-order valence-corrected chi connectivity index (χ4v) is 4.96. The number of allylic oxidation sites excluding steroid dienone is 1. The summed E-state index contributed by atoms with van der Waals surface area (Å²) in [6.07, 6.45) is 6.08. The maximum absolute atomic E-state index is 13.3. The number of piperidine rings is 1. The summed E-state index contributed by atoms with van der Waals surface area (Å²) in [6.45, 7) is 8.59. The second-order valence-electron chi connectivity index (χ2n) is 10.4. The van der Waals surface area contributed by atoms with E-state index >= 15 is 0 Å². The van der Waals surface area contributed by atoms with Crippen LogP contribution >= 0.6 is 0 Å². The Labute approximate surface area is 203 Å². The maximum Gasteiger partial charge on any atom is 0.410 e. The number of amides is 1. The molecule has 1 saturated carbocycles. The van der Waals surface area contributed by atoms with Crippen LogP contribution in [0.2, 0.25) is 0 Å². The largest absolute Gasteiger partial charge is 0.444 e. The lowest BCUT2D eigenvalue weighted by Crippen LogP contribution is -2.50. The van der Waals surface area contributed by atoms with Crippen molar-refractivity contribution in [2.45, 2.75) is 70.2 Å². The molecular formula is C29H35N3O2. The molecule has 2 fully saturated rings. The first-order valence-electron chi connectivity index (χ1n) is 12.3. The minimum absolute atomic E-state index is 0.175. The predicted molar refractivity (Wildman–Crippen MR) is 135 cm³/mol. The molecule has 2 aromatic carbocycles. The van der Waals surface area contributed by atoms with Crippen molar-refractivity contribution in [1.29, 1.82) is 5.26 Å². The van der Waals surface area contributed by atoms with E-state index in [1.165, 1.54) is 17.2 Å². The van der Waals surface area contributed by atoms with E-state index in [1.807, 2.05) is 51.1 Å². The molecule has 0 unspecified atom stereocenters. The Hall–Kier alpha value is -3.10. The van der Waals surface area contributed by atoms with Crippen LogP contribution in [0.25, 0.3) is 6.08 Å². The Kier molecular flexibility index (Phi) is 7.38. The minimum atomic E-state index is -0.502. The number of hydrogen-bond donors (Lipinski definition) is 0. The number of nitrogens with zero attached hydrogens (tertiary/aromatic N) is 3. The lowest BCUT2D eigenvalue weighted by atomic mass is 10.0. The molecule has 34 heavy (non-hydrogen) atoms. The molecule has 1 heterocycles. The van der Waals surface area contributed by atoms with Crippen LogP contribution in [-0.2, 0) is 11.3 Å². The van der Waals surface area contributed by atoms with Crippen LogP contribution in [0.3, 0.4) is 0 Å². The third-order valence-electron chi connectivity index (χ3n) is 6.60. The van der Waals surface area contributed by atoms with Crippen molar-refractivity contribution < 1.29 is 9.53 Å². The van der Waals surface area contributed by atoms with Crippen LogP contribution in [-0.4, -0.2) is 46.7 Å². The van der Waals surface area contributed by atoms with Crippen LogP contribution in [0.15, 0.2) is 60.7 Å². The van der Waals surface area contributed by atoms with E-state index in [-0.39, 0.29) is 18.2 Å². The highest BCUT2D eigenvalue weighted by Gasteiger charge is 2.48. The first-order chi connectivity index (χ1) is 16.3. The molecule has 5 heteroatoms. The molecule has 1 aliphatic heterocycles. The SMILES string of the molecule is CC(C)(C)OC(=O)N(C1CCN(Cc2cccc(/C=C/C#N)c2)CC1)[C@@H]1C[C@H]1c1ccccc1. The zero-order valence-corrected chi connectivity index (χ0v) is 20.5. The lowest BCUT2D eigenvalue weighted by molar-refractivity contribution is 0.00488. The molecule has 0 N–H and O–H groups in total. The molecule has 0 aromatic heterocycles. The van der Waals surface area contributed by atoms with Gasteiger partial charge in [-0.2, -0.15) is 5.26 Å². The average Bonchev–Trinajstić information content (AvgIpc) is 3.59. The van der Waals surface area contributed by atoms with Gasteiger partial charge in [-0.05, 0) is 62.8 Å². The molecule has 1 aliphatic carbocycles. The zero-order valence-electron chi connectivity index (χ0n) is 20.5. The topological polar surface area (TPSA) is 56.6 Å². The molecule has 2 aromatic rings. The molecule has 178 valence electrons. The van der Waals surface area contributed by atoms with Crippen LogP contribution < -0.4 is 0 Å². The Morgan fingerprint density at radius 1 is 1.15 bits per heavy atom. The summed E-state index contributed by atoms with van der Waals surface area (Å²) in [5.74, 6) is 0.399. The van der Waals surface area contributed by atoms with Gasteiger partial charge >= 0.3 is 6.09 Å². The normalized spacial score (nSPS) is 21.2. The highest BCUT2D eigenvalue weighted by Crippen LogP contribution is 2.46. The van der Waals surface area contributed by atoms with Gasteiger partial charge in [0, 0.05) is 43.7 Å². The predicted octanol–water partition coefficient (Wildman–Crippen LogP) is 5.98. The van der Waals surface area contributed by atoms with E-state index in [4.69, 9.17) is 10.00 Å². The van der Waals surface area contributed by atoms with Gasteiger partial charge in [-0.1, -0.05) is 54.6 Å². The van der Waals surface area contributed by atoms with Gasteiger partial charge < -0.3 is 9.64 Å². The van der Waals surface area contributed by atoms with Gasteiger partial charge in [0.2, 0.25) is 0 Å². The summed E-state index contributed by atoms with van der Waals surface area (Å²) in [4.78, 5) is 17.8. The number of rotatable bonds is 6. The lowest BCUT2D eigenvalue weighted by Gasteiger charge is -2.39. The number of likely N-dealkylation sites (tertiary alicyclic amines) is 1. The van der Waals surface area contributed by atoms with Crippen LogP contribution in [0.5, 0.6) is 0 Å². The smallest absolute Gasteiger partial charge is 0.410 e. The van der Waals surface area contributed by atoms with Crippen molar-refractivity contribution in [2.75, 3.05) is 13.1 Å². The zero-order chi connectivity index (χ0) is 24.1. The van der Waals surface area contributed by atoms with Crippen molar-refractivity contribution in [1.82, 2.24) is 9.80 Å². The van der Waals surface area contributed by atoms with Crippen molar-refractivity contribution in [2.24, 2.45) is 0 Å². The van der Waals surface area contributed by atoms with Crippen LogP contribution in [0, 0.1) is 11.3 Å². The van der Waals surface area contributed by atoms with Crippen LogP contribution in [0.4, 0.5) is 4.79 Å². The molecule has 2 aliphatic rings. The Morgan fingerprint density at radius 3 is 2.56 bits per heavy atom. The quantitative estimate of drug-likeness (QED) is 0.501. The molecule has 0 spiro atoms. The summed E-state index contributed by atoms with van der Waals surface area (Å²) < 4.78 is 5.85. The Bertz CT molecular complexity index is 1040. The number of ether oxygens (including phenoxy) is 1. The van der Waals surface area contributed by atoms with Crippen LogP contribution in [0.1, 0.15) is 62.6 Å². The van der Waals surface area contributed by atoms with E-state index in [9.17, 15) is 4.79 Å². The molecule has 5 nitrogen and oxygen atoms in total. The summed E-state index contributed by atoms with van der Waals surface area (Å²) >= 11 is 0. The third-order valence-corrected chi connectivity index (χ3v) is 6.60. The van der Waals surface area contributed by atoms with Crippen molar-refractivity contribution in [3.05, 3.63) is 77.4 Å². The summed E-state index contributed by atoms with van der Waals surface area (Å²) in [6, 6.07) is 21.3. The second-order valence-corrected chi connectivity index (χ2v) is 10.4. The highest BCUT2D eigenvalue weighted by molar-refractivity contribution is 5.70. The summed E-state index contributed by atoms with van der Waals surface area (Å²) in [5.41, 5.74) is 3.10. The van der Waals surface area contributed by atoms with Gasteiger partial charge in [0.1, 0.15) is 5.60 Å². The number of nitriles is 1. The van der Waals surface area contributed by atoms with E-state index in [0.29, 0.717) is 5.92 Å². The first-order valence-corrected chi connectivity index (χ1v) is 12.3. The van der Waals surface area contributed by atoms with Crippen molar-refractivity contribution in [3.63, 3.8) is 0 Å². The molecule has 0 bridgehead atoms. The molecule has 0 radical (unpaired) electrons. The molecule has 2 atom stereocenters. The monoisotopic (exact) mass is 457 g/mol. The fourth-order valence-electron chi connectivity index (χ4n) is 4.96. The third kappa shape index (κ3) is 6.27. The van der Waals surface area contributed by atoms with Gasteiger partial charge in [-0.15, -0.1) is 0 Å². The summed E-state index contributed by atoms with van der Waals surface area (Å²) in [5, 5.41) is 8.77. The molecule has 4 rings (SSSR count). The van der Waals surface area contributed by atoms with Crippen molar-refractivity contribution in [3.8, 4) is 6.07 Å². The van der Waals surface area contributed by atoms with Gasteiger partial charge in [0.15, 0.2) is 0 Å². The molecular weight excluding hydrogens is 422 g/mol. The van der Waals surface area contributed by atoms with E-state index in [1.54, 1.807) is 0 Å². The first kappa shape index (κ1) is 24.0. The fraction of sp³-hybridized carbons (Fsp3) is 0.448. The van der Waals surface area contributed by atoms with Gasteiger partial charge in [0.05, 0.1) is 6.07 Å². The molecule has 1 amide bonds. The number of carbonyl (C=O) groups is 1. The second kappa shape index (κ2) is 10.4. The van der Waals surface area contributed by atoms with Gasteiger partial charge in [-0.3, -0.25) is 4.90 Å². The van der Waals surface area contributed by atoms with E-state index < -0.39 is 5.60 Å². The van der Waals surface area contributed by atoms with Gasteiger partial charge in [-0.25, -0.2) is 4.79 Å². The number of benzene rings is 2. The number of hydrogen-bond acceptors (Lipinski definition) is 4. The maximum atomic E-state index is 13.3. The Morgan fingerprint density at radius 2 is 1.88 bits per heavy atom. The Balaban J connectivity index is 1.40. The van der Waals surface area contributed by atoms with Crippen molar-refractivity contribution >= 4 is 12.2 Å². The highest BCUT2D eigenvalue weighted by atomic mass is 16.6. The average molecular weight is 458 g/mol. The molecule has 1 saturated heterocycles. The van der Waals surface area contributed by atoms with E-state index in [2.05, 4.69) is 46.2 Å². The van der Waals surface area contributed by atoms with Gasteiger partial charge in [0.25, 0.3) is 0 Å². The van der Waals surface area contributed by atoms with E-state index in [0.717, 1.165) is 44.5 Å².